The van der Waals surface area contributed by atoms with E-state index in [1.54, 1.807) is 13.2 Å². The Morgan fingerprint density at radius 1 is 1.06 bits per heavy atom. The van der Waals surface area contributed by atoms with Crippen molar-refractivity contribution in [1.82, 2.24) is 9.80 Å². The van der Waals surface area contributed by atoms with E-state index in [-0.39, 0.29) is 18.4 Å². The highest BCUT2D eigenvalue weighted by Crippen LogP contribution is 2.31. The molecular formula is C30H40N2O3. The highest BCUT2D eigenvalue weighted by Gasteiger charge is 2.30. The standard InChI is InChI=1S/C30H40N2O3/c1-23-4-3-5-24(20-23)6-11-30(34)32-18-14-27(15-19-32)28(22-33)21-31-16-12-26(13-17-31)25-7-9-29(35-2)10-8-25/h3-11,20,26-28,33H,12-19,21-22H2,1-2H3/b11-6+. The van der Waals surface area contributed by atoms with E-state index in [9.17, 15) is 9.90 Å². The number of hydrogen-bond acceptors (Lipinski definition) is 4. The summed E-state index contributed by atoms with van der Waals surface area (Å²) in [7, 11) is 1.70. The second-order valence-corrected chi connectivity index (χ2v) is 10.2. The van der Waals surface area contributed by atoms with Gasteiger partial charge in [-0.15, -0.1) is 0 Å². The summed E-state index contributed by atoms with van der Waals surface area (Å²) in [5, 5.41) is 10.2. The topological polar surface area (TPSA) is 53.0 Å². The number of aryl methyl sites for hydroxylation is 1. The van der Waals surface area contributed by atoms with Crippen LogP contribution in [-0.2, 0) is 4.79 Å². The average molecular weight is 477 g/mol. The van der Waals surface area contributed by atoms with Gasteiger partial charge < -0.3 is 19.6 Å². The molecule has 0 radical (unpaired) electrons. The highest BCUT2D eigenvalue weighted by molar-refractivity contribution is 5.91. The van der Waals surface area contributed by atoms with Crippen molar-refractivity contribution >= 4 is 12.0 Å². The van der Waals surface area contributed by atoms with Crippen LogP contribution in [0.5, 0.6) is 5.75 Å². The van der Waals surface area contributed by atoms with Crippen LogP contribution in [0.1, 0.15) is 48.3 Å². The van der Waals surface area contributed by atoms with Gasteiger partial charge in [0.2, 0.25) is 5.91 Å². The Hall–Kier alpha value is -2.63. The maximum atomic E-state index is 12.7. The lowest BCUT2D eigenvalue weighted by molar-refractivity contribution is -0.127. The van der Waals surface area contributed by atoms with Gasteiger partial charge in [-0.2, -0.15) is 0 Å². The summed E-state index contributed by atoms with van der Waals surface area (Å²) in [5.41, 5.74) is 3.66. The summed E-state index contributed by atoms with van der Waals surface area (Å²) >= 11 is 0. The number of benzene rings is 2. The third-order valence-electron chi connectivity index (χ3n) is 7.88. The quantitative estimate of drug-likeness (QED) is 0.559. The lowest BCUT2D eigenvalue weighted by Crippen LogP contribution is -2.44. The number of carbonyl (C=O) groups is 1. The summed E-state index contributed by atoms with van der Waals surface area (Å²) in [6.45, 7) is 6.95. The van der Waals surface area contributed by atoms with Gasteiger partial charge in [0.1, 0.15) is 5.75 Å². The van der Waals surface area contributed by atoms with Gasteiger partial charge in [0.15, 0.2) is 0 Å². The minimum Gasteiger partial charge on any atom is -0.497 e. The number of likely N-dealkylation sites (tertiary alicyclic amines) is 2. The second kappa shape index (κ2) is 12.4. The molecule has 4 rings (SSSR count). The molecule has 0 bridgehead atoms. The molecule has 1 atom stereocenters. The van der Waals surface area contributed by atoms with Crippen molar-refractivity contribution in [2.24, 2.45) is 11.8 Å². The zero-order valence-corrected chi connectivity index (χ0v) is 21.2. The van der Waals surface area contributed by atoms with E-state index in [0.29, 0.717) is 11.8 Å². The Bertz CT molecular complexity index is 971. The molecule has 2 fully saturated rings. The van der Waals surface area contributed by atoms with E-state index in [2.05, 4.69) is 48.2 Å². The molecule has 188 valence electrons. The molecule has 5 nitrogen and oxygen atoms in total. The molecule has 1 unspecified atom stereocenters. The van der Waals surface area contributed by atoms with Gasteiger partial charge in [0.25, 0.3) is 0 Å². The lowest BCUT2D eigenvalue weighted by atomic mass is 9.83. The fourth-order valence-electron chi connectivity index (χ4n) is 5.65. The Morgan fingerprint density at radius 2 is 1.77 bits per heavy atom. The third kappa shape index (κ3) is 6.96. The maximum absolute atomic E-state index is 12.7. The fraction of sp³-hybridized carbons (Fsp3) is 0.500. The van der Waals surface area contributed by atoms with Gasteiger partial charge >= 0.3 is 0 Å². The molecule has 0 spiro atoms. The van der Waals surface area contributed by atoms with Crippen LogP contribution in [0, 0.1) is 18.8 Å². The number of hydrogen-bond donors (Lipinski definition) is 1. The minimum atomic E-state index is 0.0890. The van der Waals surface area contributed by atoms with Crippen molar-refractivity contribution in [3.05, 3.63) is 71.3 Å². The number of piperidine rings is 2. The lowest BCUT2D eigenvalue weighted by Gasteiger charge is -2.39. The monoisotopic (exact) mass is 476 g/mol. The number of aliphatic hydroxyl groups is 1. The third-order valence-corrected chi connectivity index (χ3v) is 7.88. The highest BCUT2D eigenvalue weighted by atomic mass is 16.5. The average Bonchev–Trinajstić information content (AvgIpc) is 2.91. The number of methoxy groups -OCH3 is 1. The first kappa shape index (κ1) is 25.5. The Balaban J connectivity index is 1.22. The molecule has 5 heteroatoms. The van der Waals surface area contributed by atoms with Crippen molar-refractivity contribution in [2.75, 3.05) is 46.4 Å². The smallest absolute Gasteiger partial charge is 0.246 e. The van der Waals surface area contributed by atoms with E-state index in [0.717, 1.165) is 69.7 Å². The van der Waals surface area contributed by atoms with Crippen LogP contribution in [0.15, 0.2) is 54.6 Å². The normalized spacial score (nSPS) is 19.2. The van der Waals surface area contributed by atoms with Crippen LogP contribution >= 0.6 is 0 Å². The zero-order chi connectivity index (χ0) is 24.6. The van der Waals surface area contributed by atoms with Crippen molar-refractivity contribution in [3.8, 4) is 5.75 Å². The minimum absolute atomic E-state index is 0.0890. The van der Waals surface area contributed by atoms with Crippen molar-refractivity contribution in [1.29, 1.82) is 0 Å². The van der Waals surface area contributed by atoms with Crippen LogP contribution in [0.4, 0.5) is 0 Å². The SMILES string of the molecule is COc1ccc(C2CCN(CC(CO)C3CCN(C(=O)/C=C/c4cccc(C)c4)CC3)CC2)cc1. The van der Waals surface area contributed by atoms with Crippen molar-refractivity contribution in [3.63, 3.8) is 0 Å². The van der Waals surface area contributed by atoms with Crippen LogP contribution in [-0.4, -0.2) is 67.3 Å². The van der Waals surface area contributed by atoms with E-state index in [1.165, 1.54) is 11.1 Å². The first-order valence-corrected chi connectivity index (χ1v) is 13.1. The fourth-order valence-corrected chi connectivity index (χ4v) is 5.65. The van der Waals surface area contributed by atoms with Gasteiger partial charge in [-0.3, -0.25) is 4.79 Å². The van der Waals surface area contributed by atoms with Gasteiger partial charge in [-0.25, -0.2) is 0 Å². The molecule has 2 aliphatic heterocycles. The molecule has 0 aliphatic carbocycles. The first-order chi connectivity index (χ1) is 17.1. The van der Waals surface area contributed by atoms with Crippen LogP contribution in [0.25, 0.3) is 6.08 Å². The largest absolute Gasteiger partial charge is 0.497 e. The molecule has 1 amide bonds. The number of carbonyl (C=O) groups excluding carboxylic acids is 1. The molecule has 2 saturated heterocycles. The summed E-state index contributed by atoms with van der Waals surface area (Å²) in [5.74, 6) is 2.36. The Labute approximate surface area is 210 Å². The Morgan fingerprint density at radius 3 is 2.40 bits per heavy atom. The zero-order valence-electron chi connectivity index (χ0n) is 21.2. The molecule has 2 aliphatic rings. The van der Waals surface area contributed by atoms with Crippen LogP contribution in [0.2, 0.25) is 0 Å². The molecular weight excluding hydrogens is 436 g/mol. The van der Waals surface area contributed by atoms with Gasteiger partial charge in [-0.1, -0.05) is 42.0 Å². The first-order valence-electron chi connectivity index (χ1n) is 13.1. The van der Waals surface area contributed by atoms with Crippen molar-refractivity contribution in [2.45, 2.75) is 38.5 Å². The number of rotatable bonds is 8. The predicted molar refractivity (Wildman–Crippen MR) is 142 cm³/mol. The summed E-state index contributed by atoms with van der Waals surface area (Å²) < 4.78 is 5.28. The predicted octanol–water partition coefficient (Wildman–Crippen LogP) is 4.74. The van der Waals surface area contributed by atoms with E-state index in [1.807, 2.05) is 23.1 Å². The van der Waals surface area contributed by atoms with E-state index >= 15 is 0 Å². The number of aliphatic hydroxyl groups excluding tert-OH is 1. The number of amides is 1. The van der Waals surface area contributed by atoms with E-state index < -0.39 is 0 Å². The molecule has 2 aromatic rings. The number of nitrogens with zero attached hydrogens (tertiary/aromatic N) is 2. The Kier molecular flexibility index (Phi) is 9.00. The maximum Gasteiger partial charge on any atom is 0.246 e. The van der Waals surface area contributed by atoms with Crippen molar-refractivity contribution < 1.29 is 14.6 Å². The molecule has 0 aromatic heterocycles. The molecule has 2 heterocycles. The number of ether oxygens (including phenoxy) is 1. The van der Waals surface area contributed by atoms with Gasteiger partial charge in [0.05, 0.1) is 7.11 Å². The summed E-state index contributed by atoms with van der Waals surface area (Å²) in [6.07, 6.45) is 7.86. The second-order valence-electron chi connectivity index (χ2n) is 10.2. The molecule has 1 N–H and O–H groups in total. The van der Waals surface area contributed by atoms with E-state index in [4.69, 9.17) is 4.74 Å². The van der Waals surface area contributed by atoms with Crippen LogP contribution in [0.3, 0.4) is 0 Å². The summed E-state index contributed by atoms with van der Waals surface area (Å²) in [4.78, 5) is 17.2. The summed E-state index contributed by atoms with van der Waals surface area (Å²) in [6, 6.07) is 16.7. The van der Waals surface area contributed by atoms with Gasteiger partial charge in [0, 0.05) is 32.3 Å². The molecule has 35 heavy (non-hydrogen) atoms. The van der Waals surface area contributed by atoms with Gasteiger partial charge in [-0.05, 0) is 92.8 Å². The molecule has 0 saturated carbocycles. The van der Waals surface area contributed by atoms with Crippen LogP contribution < -0.4 is 4.74 Å². The molecule has 2 aromatic carbocycles.